The summed E-state index contributed by atoms with van der Waals surface area (Å²) >= 11 is 0. The zero-order valence-corrected chi connectivity index (χ0v) is 11.8. The maximum Gasteiger partial charge on any atom is 0.0629 e. The molecule has 0 aliphatic carbocycles. The molecule has 0 aliphatic rings. The van der Waals surface area contributed by atoms with Gasteiger partial charge < -0.3 is 5.32 Å². The molecule has 0 atom stereocenters. The van der Waals surface area contributed by atoms with Gasteiger partial charge in [-0.3, -0.25) is 4.99 Å². The van der Waals surface area contributed by atoms with E-state index in [-0.39, 0.29) is 12.4 Å². The number of halogens is 1. The van der Waals surface area contributed by atoms with Crippen molar-refractivity contribution in [1.82, 2.24) is 0 Å². The predicted molar refractivity (Wildman–Crippen MR) is 90.2 cm³/mol. The van der Waals surface area contributed by atoms with Crippen molar-refractivity contribution in [3.05, 3.63) is 85.1 Å². The van der Waals surface area contributed by atoms with Gasteiger partial charge in [-0.1, -0.05) is 42.5 Å². The molecule has 2 aromatic carbocycles. The molecule has 0 amide bonds. The van der Waals surface area contributed by atoms with E-state index in [2.05, 4.69) is 10.3 Å². The van der Waals surface area contributed by atoms with E-state index >= 15 is 0 Å². The van der Waals surface area contributed by atoms with Gasteiger partial charge in [0.15, 0.2) is 0 Å². The van der Waals surface area contributed by atoms with E-state index in [1.54, 1.807) is 6.21 Å². The van der Waals surface area contributed by atoms with Crippen LogP contribution in [0.3, 0.4) is 0 Å². The summed E-state index contributed by atoms with van der Waals surface area (Å²) < 4.78 is 0. The minimum absolute atomic E-state index is 0. The first kappa shape index (κ1) is 15.7. The van der Waals surface area contributed by atoms with Gasteiger partial charge in [-0.05, 0) is 36.4 Å². The Hall–Kier alpha value is -2.32. The summed E-state index contributed by atoms with van der Waals surface area (Å²) in [5.74, 6) is 0. The molecule has 2 aromatic rings. The Balaban J connectivity index is 0.00000200. The van der Waals surface area contributed by atoms with Crippen LogP contribution in [0.15, 0.2) is 90.1 Å². The molecule has 20 heavy (non-hydrogen) atoms. The van der Waals surface area contributed by atoms with Gasteiger partial charge in [-0.2, -0.15) is 0 Å². The quantitative estimate of drug-likeness (QED) is 0.607. The Labute approximate surface area is 126 Å². The zero-order chi connectivity index (χ0) is 13.2. The number of nitrogens with one attached hydrogen (secondary N) is 1. The summed E-state index contributed by atoms with van der Waals surface area (Å²) in [4.78, 5) is 4.30. The van der Waals surface area contributed by atoms with Crippen LogP contribution >= 0.6 is 12.4 Å². The third kappa shape index (κ3) is 6.03. The molecule has 1 N–H and O–H groups in total. The van der Waals surface area contributed by atoms with Gasteiger partial charge in [0.2, 0.25) is 0 Å². The maximum atomic E-state index is 4.30. The Bertz CT molecular complexity index is 560. The monoisotopic (exact) mass is 284 g/mol. The predicted octanol–water partition coefficient (Wildman–Crippen LogP) is 4.99. The Morgan fingerprint density at radius 3 is 2.10 bits per heavy atom. The topological polar surface area (TPSA) is 24.4 Å². The molecule has 0 radical (unpaired) electrons. The van der Waals surface area contributed by atoms with Gasteiger partial charge in [0.05, 0.1) is 5.69 Å². The minimum Gasteiger partial charge on any atom is -0.362 e. The third-order valence-corrected chi connectivity index (χ3v) is 2.41. The molecule has 0 saturated carbocycles. The number of hydrogen-bond acceptors (Lipinski definition) is 2. The number of rotatable bonds is 5. The lowest BCUT2D eigenvalue weighted by Crippen LogP contribution is -1.84. The lowest BCUT2D eigenvalue weighted by atomic mass is 10.3. The fourth-order valence-electron chi connectivity index (χ4n) is 1.49. The van der Waals surface area contributed by atoms with Gasteiger partial charge in [-0.15, -0.1) is 12.4 Å². The molecular weight excluding hydrogens is 268 g/mol. The number of anilines is 1. The number of hydrogen-bond donors (Lipinski definition) is 1. The van der Waals surface area contributed by atoms with Gasteiger partial charge in [0.1, 0.15) is 0 Å². The molecule has 0 fully saturated rings. The Morgan fingerprint density at radius 2 is 1.40 bits per heavy atom. The maximum absolute atomic E-state index is 4.30. The van der Waals surface area contributed by atoms with Crippen LogP contribution < -0.4 is 5.32 Å². The Morgan fingerprint density at radius 1 is 0.750 bits per heavy atom. The lowest BCUT2D eigenvalue weighted by Gasteiger charge is -1.97. The molecule has 2 rings (SSSR count). The van der Waals surface area contributed by atoms with E-state index in [1.165, 1.54) is 0 Å². The van der Waals surface area contributed by atoms with E-state index in [1.807, 2.05) is 85.1 Å². The fraction of sp³-hybridized carbons (Fsp3) is 0. The normalized spacial score (nSPS) is 11.0. The van der Waals surface area contributed by atoms with Crippen LogP contribution in [-0.2, 0) is 0 Å². The average Bonchev–Trinajstić information content (AvgIpc) is 2.48. The summed E-state index contributed by atoms with van der Waals surface area (Å²) in [6, 6.07) is 19.9. The first-order valence-corrected chi connectivity index (χ1v) is 6.18. The van der Waals surface area contributed by atoms with Gasteiger partial charge in [0.25, 0.3) is 0 Å². The van der Waals surface area contributed by atoms with Crippen LogP contribution in [0.4, 0.5) is 11.4 Å². The first-order valence-electron chi connectivity index (χ1n) is 6.18. The SMILES string of the molecule is C(/C=C\C=C/Nc1ccccc1)=Nc1ccccc1.Cl. The highest BCUT2D eigenvalue weighted by Gasteiger charge is 1.82. The molecule has 0 heterocycles. The molecular formula is C17H17ClN2. The molecule has 0 aromatic heterocycles. The number of nitrogens with zero attached hydrogens (tertiary/aromatic N) is 1. The molecule has 0 aliphatic heterocycles. The largest absolute Gasteiger partial charge is 0.362 e. The zero-order valence-electron chi connectivity index (χ0n) is 11.0. The van der Waals surface area contributed by atoms with Crippen molar-refractivity contribution in [2.24, 2.45) is 4.99 Å². The third-order valence-electron chi connectivity index (χ3n) is 2.41. The Kier molecular flexibility index (Phi) is 7.55. The summed E-state index contributed by atoms with van der Waals surface area (Å²) in [6.45, 7) is 0. The highest BCUT2D eigenvalue weighted by atomic mass is 35.5. The molecule has 0 unspecified atom stereocenters. The van der Waals surface area contributed by atoms with Gasteiger partial charge >= 0.3 is 0 Å². The van der Waals surface area contributed by atoms with Crippen LogP contribution in [0.2, 0.25) is 0 Å². The van der Waals surface area contributed by atoms with Crippen LogP contribution in [0, 0.1) is 0 Å². The van der Waals surface area contributed by atoms with Crippen LogP contribution in [0.1, 0.15) is 0 Å². The number of para-hydroxylation sites is 2. The second-order valence-electron chi connectivity index (χ2n) is 3.87. The van der Waals surface area contributed by atoms with E-state index < -0.39 is 0 Å². The second kappa shape index (κ2) is 9.59. The molecule has 102 valence electrons. The van der Waals surface area contributed by atoms with Crippen molar-refractivity contribution in [3.8, 4) is 0 Å². The lowest BCUT2D eigenvalue weighted by molar-refractivity contribution is 1.54. The fourth-order valence-corrected chi connectivity index (χ4v) is 1.49. The smallest absolute Gasteiger partial charge is 0.0629 e. The van der Waals surface area contributed by atoms with Crippen molar-refractivity contribution in [3.63, 3.8) is 0 Å². The molecule has 0 saturated heterocycles. The van der Waals surface area contributed by atoms with Crippen molar-refractivity contribution < 1.29 is 0 Å². The van der Waals surface area contributed by atoms with Crippen molar-refractivity contribution in [2.75, 3.05) is 5.32 Å². The molecule has 3 heteroatoms. The number of allylic oxidation sites excluding steroid dienone is 3. The van der Waals surface area contributed by atoms with Gasteiger partial charge in [-0.25, -0.2) is 0 Å². The minimum atomic E-state index is 0. The van der Waals surface area contributed by atoms with E-state index in [9.17, 15) is 0 Å². The number of aliphatic imine (C=N–C) groups is 1. The van der Waals surface area contributed by atoms with Crippen molar-refractivity contribution in [1.29, 1.82) is 0 Å². The standard InChI is InChI=1S/C17H16N2.ClH/c1-4-10-16(11-5-1)18-14-8-3-9-15-19-17-12-6-2-7-13-17;/h1-15,18H;1H/b9-3-,14-8-,19-15?;. The van der Waals surface area contributed by atoms with E-state index in [0.29, 0.717) is 0 Å². The second-order valence-corrected chi connectivity index (χ2v) is 3.87. The van der Waals surface area contributed by atoms with Crippen LogP contribution in [-0.4, -0.2) is 6.21 Å². The van der Waals surface area contributed by atoms with E-state index in [0.717, 1.165) is 11.4 Å². The summed E-state index contributed by atoms with van der Waals surface area (Å²) in [6.07, 6.45) is 9.44. The average molecular weight is 285 g/mol. The molecule has 0 bridgehead atoms. The van der Waals surface area contributed by atoms with Crippen LogP contribution in [0.5, 0.6) is 0 Å². The van der Waals surface area contributed by atoms with Crippen molar-refractivity contribution >= 4 is 30.0 Å². The summed E-state index contributed by atoms with van der Waals surface area (Å²) in [5, 5.41) is 3.18. The van der Waals surface area contributed by atoms with E-state index in [4.69, 9.17) is 0 Å². The summed E-state index contributed by atoms with van der Waals surface area (Å²) in [7, 11) is 0. The van der Waals surface area contributed by atoms with Crippen molar-refractivity contribution in [2.45, 2.75) is 0 Å². The highest BCUT2D eigenvalue weighted by molar-refractivity contribution is 5.85. The van der Waals surface area contributed by atoms with Crippen LogP contribution in [0.25, 0.3) is 0 Å². The first-order chi connectivity index (χ1) is 9.45. The summed E-state index contributed by atoms with van der Waals surface area (Å²) in [5.41, 5.74) is 2.03. The number of benzene rings is 2. The molecule has 2 nitrogen and oxygen atoms in total. The highest BCUT2D eigenvalue weighted by Crippen LogP contribution is 2.08. The molecule has 0 spiro atoms. The van der Waals surface area contributed by atoms with Gasteiger partial charge in [0, 0.05) is 18.1 Å².